The first-order valence-corrected chi connectivity index (χ1v) is 8.12. The van der Waals surface area contributed by atoms with Gasteiger partial charge in [-0.25, -0.2) is 4.98 Å². The molecule has 2 rings (SSSR count). The second-order valence-electron chi connectivity index (χ2n) is 5.27. The normalized spacial score (nSPS) is 19.9. The van der Waals surface area contributed by atoms with Crippen LogP contribution in [-0.4, -0.2) is 37.0 Å². The molecule has 1 fully saturated rings. The topological polar surface area (TPSA) is 40.6 Å². The molecule has 1 aliphatic carbocycles. The summed E-state index contributed by atoms with van der Waals surface area (Å²) in [4.78, 5) is 4.32. The molecule has 0 aromatic carbocycles. The maximum atomic E-state index is 5.84. The third-order valence-corrected chi connectivity index (χ3v) is 3.50. The highest BCUT2D eigenvalue weighted by Gasteiger charge is 2.31. The maximum Gasteiger partial charge on any atom is 0.138 e. The lowest BCUT2D eigenvalue weighted by atomic mass is 9.92. The maximum absolute atomic E-state index is 5.84. The van der Waals surface area contributed by atoms with E-state index in [-0.39, 0.29) is 6.10 Å². The van der Waals surface area contributed by atoms with Crippen molar-refractivity contribution in [3.05, 3.63) is 24.0 Å². The molecule has 0 radical (unpaired) electrons. The molecule has 1 heterocycles. The highest BCUT2D eigenvalue weighted by atomic mass is 16.5. The number of ether oxygens (including phenoxy) is 3. The summed E-state index contributed by atoms with van der Waals surface area (Å²) in [7, 11) is 0. The van der Waals surface area contributed by atoms with E-state index in [9.17, 15) is 0 Å². The van der Waals surface area contributed by atoms with Crippen LogP contribution < -0.4 is 4.74 Å². The summed E-state index contributed by atoms with van der Waals surface area (Å²) in [5, 5.41) is 0. The molecule has 0 saturated heterocycles. The molecule has 1 aliphatic rings. The lowest BCUT2D eigenvalue weighted by molar-refractivity contribution is -0.0564. The van der Waals surface area contributed by atoms with Crippen LogP contribution in [0.4, 0.5) is 0 Å². The quantitative estimate of drug-likeness (QED) is 0.546. The van der Waals surface area contributed by atoms with Crippen molar-refractivity contribution in [2.45, 2.75) is 51.7 Å². The van der Waals surface area contributed by atoms with Gasteiger partial charge < -0.3 is 14.2 Å². The zero-order valence-electron chi connectivity index (χ0n) is 13.5. The van der Waals surface area contributed by atoms with Gasteiger partial charge in [0.2, 0.25) is 0 Å². The van der Waals surface area contributed by atoms with E-state index in [1.807, 2.05) is 26.0 Å². The number of rotatable bonds is 8. The molecule has 1 aromatic rings. The zero-order valence-corrected chi connectivity index (χ0v) is 13.5. The molecular weight excluding hydrogens is 278 g/mol. The lowest BCUT2D eigenvalue weighted by Crippen LogP contribution is -2.39. The minimum absolute atomic E-state index is 0.258. The SMILES string of the molecule is CCOCCCC#Cc1ccc(OC2CC(OCC)C2)cn1. The fourth-order valence-electron chi connectivity index (χ4n) is 2.26. The van der Waals surface area contributed by atoms with Gasteiger partial charge in [0, 0.05) is 39.1 Å². The third kappa shape index (κ3) is 5.67. The summed E-state index contributed by atoms with van der Waals surface area (Å²) >= 11 is 0. The van der Waals surface area contributed by atoms with Gasteiger partial charge in [0.25, 0.3) is 0 Å². The Kier molecular flexibility index (Phi) is 7.21. The third-order valence-electron chi connectivity index (χ3n) is 3.50. The molecule has 0 amide bonds. The van der Waals surface area contributed by atoms with E-state index in [2.05, 4.69) is 16.8 Å². The van der Waals surface area contributed by atoms with Crippen molar-refractivity contribution in [2.75, 3.05) is 19.8 Å². The van der Waals surface area contributed by atoms with Gasteiger partial charge in [-0.2, -0.15) is 0 Å². The van der Waals surface area contributed by atoms with Crippen LogP contribution in [0, 0.1) is 11.8 Å². The number of pyridine rings is 1. The Morgan fingerprint density at radius 3 is 2.73 bits per heavy atom. The first kappa shape index (κ1) is 16.8. The Bertz CT molecular complexity index is 483. The van der Waals surface area contributed by atoms with Crippen LogP contribution in [0.1, 0.15) is 45.2 Å². The van der Waals surface area contributed by atoms with Crippen molar-refractivity contribution in [3.8, 4) is 17.6 Å². The van der Waals surface area contributed by atoms with E-state index in [1.54, 1.807) is 6.20 Å². The molecule has 0 atom stereocenters. The van der Waals surface area contributed by atoms with Crippen molar-refractivity contribution < 1.29 is 14.2 Å². The molecule has 1 saturated carbocycles. The van der Waals surface area contributed by atoms with Crippen LogP contribution >= 0.6 is 0 Å². The lowest BCUT2D eigenvalue weighted by Gasteiger charge is -2.34. The Labute approximate surface area is 133 Å². The molecule has 0 aliphatic heterocycles. The second kappa shape index (κ2) is 9.45. The second-order valence-corrected chi connectivity index (χ2v) is 5.27. The predicted molar refractivity (Wildman–Crippen MR) is 85.9 cm³/mol. The molecule has 1 aromatic heterocycles. The highest BCUT2D eigenvalue weighted by Crippen LogP contribution is 2.27. The van der Waals surface area contributed by atoms with Gasteiger partial charge in [-0.05, 0) is 38.3 Å². The van der Waals surface area contributed by atoms with Crippen molar-refractivity contribution >= 4 is 0 Å². The van der Waals surface area contributed by atoms with E-state index < -0.39 is 0 Å². The van der Waals surface area contributed by atoms with Crippen LogP contribution in [0.3, 0.4) is 0 Å². The van der Waals surface area contributed by atoms with Crippen molar-refractivity contribution in [1.29, 1.82) is 0 Å². The van der Waals surface area contributed by atoms with Crippen LogP contribution in [0.2, 0.25) is 0 Å². The van der Waals surface area contributed by atoms with Crippen LogP contribution in [0.25, 0.3) is 0 Å². The number of hydrogen-bond acceptors (Lipinski definition) is 4. The van der Waals surface area contributed by atoms with Crippen molar-refractivity contribution in [2.24, 2.45) is 0 Å². The molecule has 0 N–H and O–H groups in total. The summed E-state index contributed by atoms with van der Waals surface area (Å²) in [6.07, 6.45) is 6.10. The average molecular weight is 303 g/mol. The van der Waals surface area contributed by atoms with Crippen LogP contribution in [0.15, 0.2) is 18.3 Å². The van der Waals surface area contributed by atoms with Gasteiger partial charge in [-0.15, -0.1) is 0 Å². The number of hydrogen-bond donors (Lipinski definition) is 0. The molecule has 4 nitrogen and oxygen atoms in total. The number of aromatic nitrogens is 1. The first-order valence-electron chi connectivity index (χ1n) is 8.12. The van der Waals surface area contributed by atoms with E-state index in [1.165, 1.54) is 0 Å². The summed E-state index contributed by atoms with van der Waals surface area (Å²) in [5.41, 5.74) is 0.782. The molecular formula is C18H25NO3. The first-order chi connectivity index (χ1) is 10.8. The number of nitrogens with zero attached hydrogens (tertiary/aromatic N) is 1. The summed E-state index contributed by atoms with van der Waals surface area (Å²) in [5.74, 6) is 6.98. The van der Waals surface area contributed by atoms with Crippen LogP contribution in [-0.2, 0) is 9.47 Å². The Hall–Kier alpha value is -1.57. The standard InChI is InChI=1S/C18H25NO3/c1-3-20-11-7-5-6-8-15-9-10-16(14-19-15)22-18-12-17(13-18)21-4-2/h9-10,14,17-18H,3-5,7,11-13H2,1-2H3. The molecule has 4 heteroatoms. The molecule has 0 bridgehead atoms. The van der Waals surface area contributed by atoms with E-state index >= 15 is 0 Å². The van der Waals surface area contributed by atoms with E-state index in [4.69, 9.17) is 14.2 Å². The molecule has 22 heavy (non-hydrogen) atoms. The smallest absolute Gasteiger partial charge is 0.138 e. The monoisotopic (exact) mass is 303 g/mol. The van der Waals surface area contributed by atoms with Gasteiger partial charge in [0.15, 0.2) is 0 Å². The molecule has 0 spiro atoms. The largest absolute Gasteiger partial charge is 0.489 e. The summed E-state index contributed by atoms with van der Waals surface area (Å²) in [6, 6.07) is 3.84. The van der Waals surface area contributed by atoms with Gasteiger partial charge >= 0.3 is 0 Å². The van der Waals surface area contributed by atoms with E-state index in [0.717, 1.165) is 56.9 Å². The molecule has 0 unspecified atom stereocenters. The summed E-state index contributed by atoms with van der Waals surface area (Å²) in [6.45, 7) is 6.34. The van der Waals surface area contributed by atoms with Crippen LogP contribution in [0.5, 0.6) is 5.75 Å². The fraction of sp³-hybridized carbons (Fsp3) is 0.611. The Morgan fingerprint density at radius 2 is 2.05 bits per heavy atom. The number of unbranched alkanes of at least 4 members (excludes halogenated alkanes) is 1. The summed E-state index contributed by atoms with van der Waals surface area (Å²) < 4.78 is 16.6. The van der Waals surface area contributed by atoms with Gasteiger partial charge in [0.1, 0.15) is 17.5 Å². The Morgan fingerprint density at radius 1 is 1.18 bits per heavy atom. The highest BCUT2D eigenvalue weighted by molar-refractivity contribution is 5.31. The zero-order chi connectivity index (χ0) is 15.6. The predicted octanol–water partition coefficient (Wildman–Crippen LogP) is 3.20. The minimum Gasteiger partial charge on any atom is -0.489 e. The van der Waals surface area contributed by atoms with Gasteiger partial charge in [-0.1, -0.05) is 5.92 Å². The van der Waals surface area contributed by atoms with Gasteiger partial charge in [-0.3, -0.25) is 0 Å². The van der Waals surface area contributed by atoms with Crippen molar-refractivity contribution in [3.63, 3.8) is 0 Å². The Balaban J connectivity index is 1.68. The minimum atomic E-state index is 0.258. The van der Waals surface area contributed by atoms with Crippen molar-refractivity contribution in [1.82, 2.24) is 4.98 Å². The van der Waals surface area contributed by atoms with E-state index in [0.29, 0.717) is 6.10 Å². The van der Waals surface area contributed by atoms with Gasteiger partial charge in [0.05, 0.1) is 12.3 Å². The fourth-order valence-corrected chi connectivity index (χ4v) is 2.26. The average Bonchev–Trinajstić information content (AvgIpc) is 2.50. The molecule has 120 valence electrons.